The van der Waals surface area contributed by atoms with E-state index in [1.807, 2.05) is 52.0 Å². The van der Waals surface area contributed by atoms with Gasteiger partial charge in [0.2, 0.25) is 6.29 Å². The van der Waals surface area contributed by atoms with Crippen LogP contribution in [0, 0.1) is 33.6 Å². The molecule has 1 heterocycles. The highest BCUT2D eigenvalue weighted by Gasteiger charge is 2.21. The average Bonchev–Trinajstić information content (AvgIpc) is 2.97. The highest BCUT2D eigenvalue weighted by atomic mass is 16.6. The fourth-order valence-electron chi connectivity index (χ4n) is 5.45. The predicted molar refractivity (Wildman–Crippen MR) is 172 cm³/mol. The van der Waals surface area contributed by atoms with E-state index in [0.717, 1.165) is 59.1 Å². The molecule has 3 N–H and O–H groups in total. The number of phenolic OH excluding ortho intramolecular Hbond substituents is 1. The molecule has 4 rings (SSSR count). The van der Waals surface area contributed by atoms with Crippen molar-refractivity contribution in [3.8, 4) is 45.7 Å². The molecule has 7 heteroatoms. The minimum Gasteiger partial charge on any atom is -0.507 e. The van der Waals surface area contributed by atoms with Crippen molar-refractivity contribution in [3.05, 3.63) is 76.9 Å². The smallest absolute Gasteiger partial charge is 0.223 e. The molecule has 228 valence electrons. The number of hydrogen-bond acceptors (Lipinski definition) is 7. The first-order chi connectivity index (χ1) is 20.6. The van der Waals surface area contributed by atoms with Gasteiger partial charge in [0.25, 0.3) is 0 Å². The quantitative estimate of drug-likeness (QED) is 0.137. The Hall–Kier alpha value is -3.81. The van der Waals surface area contributed by atoms with Crippen molar-refractivity contribution in [2.75, 3.05) is 0 Å². The molecule has 0 aliphatic heterocycles. The first-order valence-electron chi connectivity index (χ1n) is 15.4. The van der Waals surface area contributed by atoms with Crippen molar-refractivity contribution in [1.29, 1.82) is 0 Å². The van der Waals surface area contributed by atoms with Crippen LogP contribution in [0.15, 0.2) is 54.6 Å². The van der Waals surface area contributed by atoms with Gasteiger partial charge >= 0.3 is 0 Å². The van der Waals surface area contributed by atoms with Gasteiger partial charge in [0.1, 0.15) is 17.6 Å². The monoisotopic (exact) mass is 583 g/mol. The van der Waals surface area contributed by atoms with E-state index in [-0.39, 0.29) is 11.5 Å². The third kappa shape index (κ3) is 8.18. The molecule has 0 amide bonds. The van der Waals surface area contributed by atoms with Gasteiger partial charge in [-0.2, -0.15) is 0 Å². The van der Waals surface area contributed by atoms with E-state index in [1.165, 1.54) is 12.5 Å². The van der Waals surface area contributed by atoms with Gasteiger partial charge < -0.3 is 20.1 Å². The number of ether oxygens (including phenoxy) is 1. The second kappa shape index (κ2) is 14.6. The number of hydrogen-bond donors (Lipinski definition) is 3. The molecule has 4 aromatic rings. The Morgan fingerprint density at radius 3 is 1.70 bits per heavy atom. The summed E-state index contributed by atoms with van der Waals surface area (Å²) in [4.78, 5) is 14.4. The van der Waals surface area contributed by atoms with Crippen LogP contribution in [-0.4, -0.2) is 42.7 Å². The molecule has 3 aromatic carbocycles. The van der Waals surface area contributed by atoms with Gasteiger partial charge in [0.05, 0.1) is 5.56 Å². The molecule has 0 aliphatic carbocycles. The summed E-state index contributed by atoms with van der Waals surface area (Å²) in [7, 11) is 0. The maximum Gasteiger partial charge on any atom is 0.223 e. The second-order valence-corrected chi connectivity index (χ2v) is 11.7. The summed E-state index contributed by atoms with van der Waals surface area (Å²) in [5, 5.41) is 32.1. The molecular weight excluding hydrogens is 538 g/mol. The molecule has 0 fully saturated rings. The summed E-state index contributed by atoms with van der Waals surface area (Å²) < 4.78 is 5.63. The van der Waals surface area contributed by atoms with Gasteiger partial charge in [-0.25, -0.2) is 15.0 Å². The lowest BCUT2D eigenvalue weighted by Gasteiger charge is -2.22. The van der Waals surface area contributed by atoms with E-state index in [1.54, 1.807) is 12.1 Å². The Bertz CT molecular complexity index is 1470. The lowest BCUT2D eigenvalue weighted by molar-refractivity contribution is -0.107. The molecule has 0 saturated carbocycles. The van der Waals surface area contributed by atoms with Gasteiger partial charge in [-0.3, -0.25) is 0 Å². The zero-order valence-corrected chi connectivity index (χ0v) is 26.3. The third-order valence-corrected chi connectivity index (χ3v) is 8.09. The van der Waals surface area contributed by atoms with Crippen molar-refractivity contribution < 1.29 is 20.1 Å². The maximum atomic E-state index is 11.1. The number of aromatic hydroxyl groups is 1. The minimum atomic E-state index is -1.40. The van der Waals surface area contributed by atoms with E-state index < -0.39 is 12.4 Å². The SMILES string of the molecule is CCCCC(CC)CCC(O)[C@H](O)Oc1ccc(-c2nc(-c3ccc(C)cc3C)nc(-c3ccc(C)cc3C)n2)c(O)c1. The lowest BCUT2D eigenvalue weighted by atomic mass is 9.93. The first kappa shape index (κ1) is 32.1. The van der Waals surface area contributed by atoms with E-state index >= 15 is 0 Å². The van der Waals surface area contributed by atoms with Crippen LogP contribution < -0.4 is 4.74 Å². The van der Waals surface area contributed by atoms with Gasteiger partial charge in [-0.05, 0) is 69.7 Å². The van der Waals surface area contributed by atoms with Crippen molar-refractivity contribution in [2.24, 2.45) is 5.92 Å². The molecular formula is C36H45N3O4. The van der Waals surface area contributed by atoms with Gasteiger partial charge in [0.15, 0.2) is 17.5 Å². The first-order valence-corrected chi connectivity index (χ1v) is 15.4. The molecule has 0 saturated heterocycles. The van der Waals surface area contributed by atoms with Crippen molar-refractivity contribution >= 4 is 0 Å². The maximum absolute atomic E-state index is 11.1. The summed E-state index contributed by atoms with van der Waals surface area (Å²) >= 11 is 0. The standard InChI is InChI=1S/C36H45N3O4/c1-7-9-10-26(8-2)13-18-31(40)36(42)43-27-14-17-30(32(41)21-27)35-38-33(28-15-11-22(3)19-24(28)5)37-34(39-35)29-16-12-23(4)20-25(29)6/h11-12,14-17,19-21,26,31,36,40-42H,7-10,13,18H2,1-6H3/t26?,31?,36-/m1/s1. The van der Waals surface area contributed by atoms with Crippen LogP contribution >= 0.6 is 0 Å². The number of benzene rings is 3. The molecule has 7 nitrogen and oxygen atoms in total. The second-order valence-electron chi connectivity index (χ2n) is 11.7. The molecule has 0 radical (unpaired) electrons. The summed E-state index contributed by atoms with van der Waals surface area (Å²) in [6, 6.07) is 17.0. The van der Waals surface area contributed by atoms with Crippen LogP contribution in [0.1, 0.15) is 74.6 Å². The van der Waals surface area contributed by atoms with E-state index in [2.05, 4.69) is 26.0 Å². The minimum absolute atomic E-state index is 0.103. The van der Waals surface area contributed by atoms with Crippen LogP contribution in [0.5, 0.6) is 11.5 Å². The van der Waals surface area contributed by atoms with Crippen LogP contribution in [-0.2, 0) is 0 Å². The average molecular weight is 584 g/mol. The Morgan fingerprint density at radius 2 is 1.21 bits per heavy atom. The molecule has 0 aliphatic rings. The largest absolute Gasteiger partial charge is 0.507 e. The van der Waals surface area contributed by atoms with Gasteiger partial charge in [0, 0.05) is 17.2 Å². The Balaban J connectivity index is 1.62. The van der Waals surface area contributed by atoms with Crippen molar-refractivity contribution in [2.45, 2.75) is 92.5 Å². The number of aliphatic hydroxyl groups excluding tert-OH is 2. The molecule has 0 spiro atoms. The topological polar surface area (TPSA) is 109 Å². The fraction of sp³-hybridized carbons (Fsp3) is 0.417. The fourth-order valence-corrected chi connectivity index (χ4v) is 5.45. The Kier molecular flexibility index (Phi) is 10.9. The highest BCUT2D eigenvalue weighted by molar-refractivity contribution is 5.72. The van der Waals surface area contributed by atoms with Crippen LogP contribution in [0.25, 0.3) is 34.2 Å². The zero-order chi connectivity index (χ0) is 31.1. The summed E-state index contributed by atoms with van der Waals surface area (Å²) in [5.41, 5.74) is 6.55. The van der Waals surface area contributed by atoms with Crippen molar-refractivity contribution in [1.82, 2.24) is 15.0 Å². The van der Waals surface area contributed by atoms with Crippen LogP contribution in [0.3, 0.4) is 0 Å². The van der Waals surface area contributed by atoms with E-state index in [9.17, 15) is 15.3 Å². The number of aliphatic hydroxyl groups is 2. The molecule has 0 bridgehead atoms. The zero-order valence-electron chi connectivity index (χ0n) is 26.3. The Labute approximate surface area is 255 Å². The molecule has 3 atom stereocenters. The number of rotatable bonds is 13. The molecule has 1 aromatic heterocycles. The molecule has 43 heavy (non-hydrogen) atoms. The number of aryl methyl sites for hydroxylation is 4. The van der Waals surface area contributed by atoms with Crippen molar-refractivity contribution in [3.63, 3.8) is 0 Å². The summed E-state index contributed by atoms with van der Waals surface area (Å²) in [6.45, 7) is 12.5. The van der Waals surface area contributed by atoms with Gasteiger partial charge in [-0.15, -0.1) is 0 Å². The van der Waals surface area contributed by atoms with Gasteiger partial charge in [-0.1, -0.05) is 87.1 Å². The third-order valence-electron chi connectivity index (χ3n) is 8.09. The summed E-state index contributed by atoms with van der Waals surface area (Å²) in [6.07, 6.45) is 3.33. The van der Waals surface area contributed by atoms with Crippen LogP contribution in [0.2, 0.25) is 0 Å². The molecule has 2 unspecified atom stereocenters. The highest BCUT2D eigenvalue weighted by Crippen LogP contribution is 2.34. The van der Waals surface area contributed by atoms with E-state index in [4.69, 9.17) is 19.7 Å². The normalized spacial score (nSPS) is 13.5. The number of aromatic nitrogens is 3. The number of nitrogens with zero attached hydrogens (tertiary/aromatic N) is 3. The Morgan fingerprint density at radius 1 is 0.674 bits per heavy atom. The van der Waals surface area contributed by atoms with Crippen LogP contribution in [0.4, 0.5) is 0 Å². The lowest BCUT2D eigenvalue weighted by Crippen LogP contribution is -2.31. The predicted octanol–water partition coefficient (Wildman–Crippen LogP) is 7.87. The summed E-state index contributed by atoms with van der Waals surface area (Å²) in [5.74, 6) is 2.01. The van der Waals surface area contributed by atoms with E-state index in [0.29, 0.717) is 35.4 Å². The number of phenols is 1. The number of unbranched alkanes of at least 4 members (excludes halogenated alkanes) is 1.